The number of aromatic amines is 1. The van der Waals surface area contributed by atoms with E-state index in [1.165, 1.54) is 0 Å². The van der Waals surface area contributed by atoms with E-state index in [0.29, 0.717) is 11.4 Å². The minimum absolute atomic E-state index is 0.0153. The van der Waals surface area contributed by atoms with Crippen LogP contribution in [0.1, 0.15) is 46.6 Å². The van der Waals surface area contributed by atoms with Gasteiger partial charge in [0.2, 0.25) is 0 Å². The number of hydrogen-bond acceptors (Lipinski definition) is 2. The molecule has 0 radical (unpaired) electrons. The van der Waals surface area contributed by atoms with Gasteiger partial charge in [-0.2, -0.15) is 0 Å². The van der Waals surface area contributed by atoms with Crippen molar-refractivity contribution >= 4 is 17.6 Å². The number of nitrogens with zero attached hydrogens (tertiary/aromatic N) is 1. The molecular weight excluding hydrogens is 258 g/mol. The van der Waals surface area contributed by atoms with E-state index in [9.17, 15) is 9.59 Å². The number of carboxylic acids is 1. The Balaban J connectivity index is 2.28. The van der Waals surface area contributed by atoms with Gasteiger partial charge in [-0.1, -0.05) is 0 Å². The molecule has 0 atom stereocenters. The highest BCUT2D eigenvalue weighted by molar-refractivity contribution is 6.06. The lowest BCUT2D eigenvalue weighted by atomic mass is 10.3. The molecule has 20 heavy (non-hydrogen) atoms. The molecule has 2 heterocycles. The molecule has 0 bridgehead atoms. The van der Waals surface area contributed by atoms with Crippen LogP contribution in [0.15, 0.2) is 24.4 Å². The molecular formula is C14H17N3O3. The first-order chi connectivity index (χ1) is 9.40. The van der Waals surface area contributed by atoms with Gasteiger partial charge in [0.1, 0.15) is 11.4 Å². The van der Waals surface area contributed by atoms with Crippen LogP contribution >= 0.6 is 0 Å². The number of anilines is 1. The fraction of sp³-hybridized carbons (Fsp3) is 0.286. The minimum atomic E-state index is -1.10. The first-order valence-corrected chi connectivity index (χ1v) is 6.31. The highest BCUT2D eigenvalue weighted by Crippen LogP contribution is 2.19. The molecule has 2 rings (SSSR count). The van der Waals surface area contributed by atoms with Crippen molar-refractivity contribution < 1.29 is 14.7 Å². The molecule has 0 aliphatic heterocycles. The van der Waals surface area contributed by atoms with E-state index >= 15 is 0 Å². The number of hydrogen-bond donors (Lipinski definition) is 3. The predicted molar refractivity (Wildman–Crippen MR) is 75.3 cm³/mol. The van der Waals surface area contributed by atoms with E-state index < -0.39 is 5.97 Å². The van der Waals surface area contributed by atoms with Crippen molar-refractivity contribution in [3.8, 4) is 0 Å². The van der Waals surface area contributed by atoms with Crippen molar-refractivity contribution in [1.82, 2.24) is 9.55 Å². The van der Waals surface area contributed by atoms with E-state index in [4.69, 9.17) is 5.11 Å². The van der Waals surface area contributed by atoms with Crippen LogP contribution in [-0.4, -0.2) is 26.5 Å². The van der Waals surface area contributed by atoms with Gasteiger partial charge in [-0.3, -0.25) is 4.79 Å². The first kappa shape index (κ1) is 13.9. The lowest BCUT2D eigenvalue weighted by molar-refractivity contribution is 0.0692. The molecule has 0 unspecified atom stereocenters. The molecule has 1 amide bonds. The second kappa shape index (κ2) is 5.24. The number of aryl methyl sites for hydroxylation is 1. The van der Waals surface area contributed by atoms with Crippen LogP contribution < -0.4 is 5.32 Å². The number of carboxylic acid groups (broad SMARTS) is 1. The van der Waals surface area contributed by atoms with Crippen LogP contribution in [0.2, 0.25) is 0 Å². The lowest BCUT2D eigenvalue weighted by Crippen LogP contribution is -2.18. The zero-order valence-electron chi connectivity index (χ0n) is 11.6. The topological polar surface area (TPSA) is 87.1 Å². The van der Waals surface area contributed by atoms with Crippen LogP contribution in [0.3, 0.4) is 0 Å². The molecule has 2 aromatic rings. The number of aromatic carboxylic acids is 1. The maximum atomic E-state index is 12.2. The molecule has 2 aromatic heterocycles. The standard InChI is InChI=1S/C14H17N3O3/c1-8(2)17-6-4-5-11(17)13(18)16-10-7-9(3)15-12(10)14(19)20/h4-8,15H,1-3H3,(H,16,18)(H,19,20). The minimum Gasteiger partial charge on any atom is -0.477 e. The highest BCUT2D eigenvalue weighted by atomic mass is 16.4. The summed E-state index contributed by atoms with van der Waals surface area (Å²) in [5.41, 5.74) is 1.43. The third-order valence-corrected chi connectivity index (χ3v) is 2.98. The molecule has 106 valence electrons. The number of carbonyl (C=O) groups excluding carboxylic acids is 1. The Labute approximate surface area is 116 Å². The molecule has 0 aliphatic rings. The molecule has 0 aromatic carbocycles. The van der Waals surface area contributed by atoms with Crippen molar-refractivity contribution in [2.45, 2.75) is 26.8 Å². The summed E-state index contributed by atoms with van der Waals surface area (Å²) in [5.74, 6) is -1.43. The quantitative estimate of drug-likeness (QED) is 0.801. The fourth-order valence-corrected chi connectivity index (χ4v) is 2.08. The van der Waals surface area contributed by atoms with E-state index in [2.05, 4.69) is 10.3 Å². The number of amides is 1. The summed E-state index contributed by atoms with van der Waals surface area (Å²) in [5, 5.41) is 11.7. The maximum Gasteiger partial charge on any atom is 0.354 e. The molecule has 0 saturated heterocycles. The van der Waals surface area contributed by atoms with Crippen molar-refractivity contribution in [2.24, 2.45) is 0 Å². The summed E-state index contributed by atoms with van der Waals surface area (Å²) >= 11 is 0. The zero-order chi connectivity index (χ0) is 14.9. The molecule has 3 N–H and O–H groups in total. The Morgan fingerprint density at radius 1 is 1.40 bits per heavy atom. The molecule has 0 fully saturated rings. The third kappa shape index (κ3) is 2.59. The largest absolute Gasteiger partial charge is 0.477 e. The van der Waals surface area contributed by atoms with Gasteiger partial charge >= 0.3 is 5.97 Å². The average Bonchev–Trinajstić information content (AvgIpc) is 2.95. The lowest BCUT2D eigenvalue weighted by Gasteiger charge is -2.12. The number of carbonyl (C=O) groups is 2. The summed E-state index contributed by atoms with van der Waals surface area (Å²) in [6.07, 6.45) is 1.82. The van der Waals surface area contributed by atoms with Gasteiger partial charge in [-0.05, 0) is 39.0 Å². The Hall–Kier alpha value is -2.50. The SMILES string of the molecule is Cc1cc(NC(=O)c2cccn2C(C)C)c(C(=O)O)[nH]1. The van der Waals surface area contributed by atoms with Crippen LogP contribution in [-0.2, 0) is 0 Å². The summed E-state index contributed by atoms with van der Waals surface area (Å²) < 4.78 is 1.83. The van der Waals surface area contributed by atoms with Crippen molar-refractivity contribution in [3.05, 3.63) is 41.5 Å². The van der Waals surface area contributed by atoms with E-state index in [1.807, 2.05) is 24.6 Å². The Bertz CT molecular complexity index is 652. The second-order valence-corrected chi connectivity index (χ2v) is 4.89. The van der Waals surface area contributed by atoms with Crippen molar-refractivity contribution in [3.63, 3.8) is 0 Å². The van der Waals surface area contributed by atoms with Gasteiger partial charge in [0.25, 0.3) is 5.91 Å². The van der Waals surface area contributed by atoms with Crippen LogP contribution in [0.25, 0.3) is 0 Å². The van der Waals surface area contributed by atoms with E-state index in [-0.39, 0.29) is 23.3 Å². The molecule has 0 aliphatic carbocycles. The third-order valence-electron chi connectivity index (χ3n) is 2.98. The number of nitrogens with one attached hydrogen (secondary N) is 2. The molecule has 0 spiro atoms. The van der Waals surface area contributed by atoms with Crippen molar-refractivity contribution in [1.29, 1.82) is 0 Å². The summed E-state index contributed by atoms with van der Waals surface area (Å²) in [7, 11) is 0. The maximum absolute atomic E-state index is 12.2. The first-order valence-electron chi connectivity index (χ1n) is 6.31. The van der Waals surface area contributed by atoms with Crippen LogP contribution in [0, 0.1) is 6.92 Å². The Morgan fingerprint density at radius 2 is 2.10 bits per heavy atom. The smallest absolute Gasteiger partial charge is 0.354 e. The molecule has 6 heteroatoms. The zero-order valence-corrected chi connectivity index (χ0v) is 11.6. The van der Waals surface area contributed by atoms with Crippen LogP contribution in [0.4, 0.5) is 5.69 Å². The van der Waals surface area contributed by atoms with Gasteiger partial charge in [0, 0.05) is 17.9 Å². The second-order valence-electron chi connectivity index (χ2n) is 4.89. The Kier molecular flexibility index (Phi) is 3.65. The van der Waals surface area contributed by atoms with Gasteiger partial charge in [0.15, 0.2) is 0 Å². The van der Waals surface area contributed by atoms with Gasteiger partial charge < -0.3 is 20.0 Å². The molecule has 6 nitrogen and oxygen atoms in total. The van der Waals surface area contributed by atoms with Crippen LogP contribution in [0.5, 0.6) is 0 Å². The Morgan fingerprint density at radius 3 is 2.70 bits per heavy atom. The van der Waals surface area contributed by atoms with Gasteiger partial charge in [-0.25, -0.2) is 4.79 Å². The predicted octanol–water partition coefficient (Wildman–Crippen LogP) is 2.66. The average molecular weight is 275 g/mol. The van der Waals surface area contributed by atoms with E-state index in [1.54, 1.807) is 25.1 Å². The van der Waals surface area contributed by atoms with Crippen molar-refractivity contribution in [2.75, 3.05) is 5.32 Å². The summed E-state index contributed by atoms with van der Waals surface area (Å²) in [6, 6.07) is 5.24. The highest BCUT2D eigenvalue weighted by Gasteiger charge is 2.18. The number of rotatable bonds is 4. The number of H-pyrrole nitrogens is 1. The molecule has 0 saturated carbocycles. The van der Waals surface area contributed by atoms with Gasteiger partial charge in [0.05, 0.1) is 5.69 Å². The summed E-state index contributed by atoms with van der Waals surface area (Å²) in [6.45, 7) is 5.68. The normalized spacial score (nSPS) is 10.8. The monoisotopic (exact) mass is 275 g/mol. The number of aromatic nitrogens is 2. The van der Waals surface area contributed by atoms with Gasteiger partial charge in [-0.15, -0.1) is 0 Å². The van der Waals surface area contributed by atoms with E-state index in [0.717, 1.165) is 0 Å². The summed E-state index contributed by atoms with van der Waals surface area (Å²) in [4.78, 5) is 26.0. The fourth-order valence-electron chi connectivity index (χ4n) is 2.08.